The van der Waals surface area contributed by atoms with Crippen LogP contribution in [0.25, 0.3) is 39.5 Å². The van der Waals surface area contributed by atoms with Gasteiger partial charge >= 0.3 is 0 Å². The first-order valence-electron chi connectivity index (χ1n) is 15.1. The van der Waals surface area contributed by atoms with Crippen LogP contribution < -0.4 is 11.1 Å². The van der Waals surface area contributed by atoms with Crippen molar-refractivity contribution in [3.63, 3.8) is 0 Å². The van der Waals surface area contributed by atoms with Gasteiger partial charge in [-0.3, -0.25) is 9.59 Å². The summed E-state index contributed by atoms with van der Waals surface area (Å²) < 4.78 is 46.7. The maximum Gasteiger partial charge on any atom is 0.253 e. The van der Waals surface area contributed by atoms with Crippen LogP contribution in [0.15, 0.2) is 108 Å². The third-order valence-corrected chi connectivity index (χ3v) is 8.06. The first kappa shape index (κ1) is 31.3. The second kappa shape index (κ2) is 13.4. The summed E-state index contributed by atoms with van der Waals surface area (Å²) in [6.07, 6.45) is 5.55. The quantitative estimate of drug-likeness (QED) is 0.171. The highest BCUT2D eigenvalue weighted by molar-refractivity contribution is 5.95. The molecule has 47 heavy (non-hydrogen) atoms. The van der Waals surface area contributed by atoms with Crippen molar-refractivity contribution in [1.82, 2.24) is 15.2 Å². The van der Waals surface area contributed by atoms with E-state index in [1.165, 1.54) is 23.1 Å². The minimum absolute atomic E-state index is 0.0255. The fourth-order valence-corrected chi connectivity index (χ4v) is 5.40. The highest BCUT2D eigenvalue weighted by atomic mass is 19.3. The van der Waals surface area contributed by atoms with Crippen LogP contribution in [0.3, 0.4) is 0 Å². The maximum absolute atomic E-state index is 13.8. The number of alkyl halides is 2. The molecule has 1 aliphatic rings. The third-order valence-electron chi connectivity index (χ3n) is 8.06. The summed E-state index contributed by atoms with van der Waals surface area (Å²) >= 11 is 0. The van der Waals surface area contributed by atoms with E-state index in [9.17, 15) is 22.8 Å². The number of furan rings is 1. The van der Waals surface area contributed by atoms with Crippen molar-refractivity contribution in [3.8, 4) is 33.4 Å². The number of hydrogen-bond donors (Lipinski definition) is 2. The molecule has 3 heterocycles. The molecule has 0 spiro atoms. The molecule has 5 aromatic rings. The molecule has 0 atom stereocenters. The number of benzene rings is 3. The average Bonchev–Trinajstić information content (AvgIpc) is 3.56. The average molecular weight is 637 g/mol. The molecule has 3 N–H and O–H groups in total. The molecule has 6 rings (SSSR count). The van der Waals surface area contributed by atoms with E-state index in [0.717, 1.165) is 38.9 Å². The van der Waals surface area contributed by atoms with Gasteiger partial charge in [0.25, 0.3) is 11.8 Å². The predicted octanol–water partition coefficient (Wildman–Crippen LogP) is 7.60. The lowest BCUT2D eigenvalue weighted by molar-refractivity contribution is -0.116. The highest BCUT2D eigenvalue weighted by Gasteiger charge is 2.35. The molecule has 2 amide bonds. The Hall–Kier alpha value is -5.64. The number of nitrogens with zero attached hydrogens (tertiary/aromatic N) is 2. The summed E-state index contributed by atoms with van der Waals surface area (Å²) in [5.74, 6) is -2.71. The number of halogens is 3. The van der Waals surface area contributed by atoms with Gasteiger partial charge in [0.1, 0.15) is 17.4 Å². The number of aromatic nitrogens is 1. The van der Waals surface area contributed by atoms with E-state index in [4.69, 9.17) is 10.2 Å². The number of amides is 2. The van der Waals surface area contributed by atoms with E-state index in [2.05, 4.69) is 10.3 Å². The van der Waals surface area contributed by atoms with E-state index in [1.54, 1.807) is 54.9 Å². The van der Waals surface area contributed by atoms with E-state index < -0.39 is 5.92 Å². The molecular weight excluding hydrogens is 605 g/mol. The number of rotatable bonds is 8. The van der Waals surface area contributed by atoms with Crippen molar-refractivity contribution < 1.29 is 27.2 Å². The van der Waals surface area contributed by atoms with Crippen molar-refractivity contribution in [1.29, 1.82) is 0 Å². The Morgan fingerprint density at radius 3 is 2.28 bits per heavy atom. The monoisotopic (exact) mass is 636 g/mol. The van der Waals surface area contributed by atoms with Gasteiger partial charge in [0.2, 0.25) is 5.91 Å². The summed E-state index contributed by atoms with van der Waals surface area (Å²) in [5.41, 5.74) is 11.7. The Kier molecular flexibility index (Phi) is 8.92. The van der Waals surface area contributed by atoms with Gasteiger partial charge in [0, 0.05) is 49.3 Å². The minimum Gasteiger partial charge on any atom is -0.467 e. The lowest BCUT2D eigenvalue weighted by Gasteiger charge is -2.31. The number of nitrogen functional groups attached to an aromatic ring is 1. The Balaban J connectivity index is 1.20. The SMILES string of the molecule is Nc1ccc(/C=C/C(=O)NCc2cc(-c3ccc(-c4ccc(C(=O)N5CCC(F)(F)CC5)cc4)cc3-c3ccc(F)cc3)co2)cn1. The van der Waals surface area contributed by atoms with Crippen molar-refractivity contribution in [3.05, 3.63) is 126 Å². The fourth-order valence-electron chi connectivity index (χ4n) is 5.40. The first-order valence-corrected chi connectivity index (χ1v) is 15.1. The zero-order valence-corrected chi connectivity index (χ0v) is 25.3. The smallest absolute Gasteiger partial charge is 0.253 e. The number of nitrogens with one attached hydrogen (secondary N) is 1. The molecule has 10 heteroatoms. The van der Waals surface area contributed by atoms with Crippen LogP contribution in [0, 0.1) is 5.82 Å². The Labute approximate surface area is 269 Å². The second-order valence-corrected chi connectivity index (χ2v) is 11.4. The van der Waals surface area contributed by atoms with Gasteiger partial charge in [-0.05, 0) is 88.0 Å². The van der Waals surface area contributed by atoms with Crippen LogP contribution in [0.5, 0.6) is 0 Å². The fraction of sp³-hybridized carbons (Fsp3) is 0.162. The lowest BCUT2D eigenvalue weighted by atomic mass is 9.91. The Morgan fingerprint density at radius 2 is 1.57 bits per heavy atom. The number of carbonyl (C=O) groups is 2. The second-order valence-electron chi connectivity index (χ2n) is 11.4. The highest BCUT2D eigenvalue weighted by Crippen LogP contribution is 2.37. The lowest BCUT2D eigenvalue weighted by Crippen LogP contribution is -2.42. The van der Waals surface area contributed by atoms with Crippen molar-refractivity contribution in [2.45, 2.75) is 25.3 Å². The third kappa shape index (κ3) is 7.61. The number of carbonyl (C=O) groups excluding carboxylic acids is 2. The van der Waals surface area contributed by atoms with Crippen LogP contribution in [-0.4, -0.2) is 40.7 Å². The zero-order valence-electron chi connectivity index (χ0n) is 25.3. The standard InChI is InChI=1S/C37H31F3N4O3/c38-30-10-7-26(8-11-30)33-20-28(25-3-5-27(6-4-25)36(46)44-17-15-37(39,40)16-18-44)9-12-32(33)29-19-31(47-23-29)22-43-35(45)14-2-24-1-13-34(41)42-21-24/h1-14,19-21,23H,15-18,22H2,(H2,41,42)(H,43,45)/b14-2+. The predicted molar refractivity (Wildman–Crippen MR) is 175 cm³/mol. The number of piperidine rings is 1. The summed E-state index contributed by atoms with van der Waals surface area (Å²) in [6.45, 7) is 0.216. The molecule has 238 valence electrons. The largest absolute Gasteiger partial charge is 0.467 e. The topological polar surface area (TPSA) is 101 Å². The van der Waals surface area contributed by atoms with Gasteiger partial charge in [-0.1, -0.05) is 36.4 Å². The summed E-state index contributed by atoms with van der Waals surface area (Å²) in [5, 5.41) is 2.80. The maximum atomic E-state index is 13.8. The van der Waals surface area contributed by atoms with Crippen LogP contribution in [0.4, 0.5) is 19.0 Å². The number of hydrogen-bond acceptors (Lipinski definition) is 5. The van der Waals surface area contributed by atoms with Gasteiger partial charge in [-0.2, -0.15) is 0 Å². The number of likely N-dealkylation sites (tertiary alicyclic amines) is 1. The van der Waals surface area contributed by atoms with Crippen LogP contribution in [-0.2, 0) is 11.3 Å². The molecule has 0 unspecified atom stereocenters. The van der Waals surface area contributed by atoms with E-state index in [0.29, 0.717) is 17.1 Å². The van der Waals surface area contributed by atoms with Gasteiger partial charge < -0.3 is 20.4 Å². The molecule has 1 fully saturated rings. The van der Waals surface area contributed by atoms with E-state index in [1.807, 2.05) is 36.4 Å². The molecule has 0 radical (unpaired) electrons. The number of pyridine rings is 1. The van der Waals surface area contributed by atoms with Crippen LogP contribution in [0.2, 0.25) is 0 Å². The molecule has 0 aliphatic carbocycles. The van der Waals surface area contributed by atoms with E-state index >= 15 is 0 Å². The summed E-state index contributed by atoms with van der Waals surface area (Å²) in [4.78, 5) is 30.8. The van der Waals surface area contributed by atoms with Gasteiger partial charge in [-0.15, -0.1) is 0 Å². The number of anilines is 1. The Morgan fingerprint density at radius 1 is 0.872 bits per heavy atom. The minimum atomic E-state index is -2.72. The molecule has 0 bridgehead atoms. The van der Waals surface area contributed by atoms with Crippen molar-refractivity contribution in [2.24, 2.45) is 0 Å². The summed E-state index contributed by atoms with van der Waals surface area (Å²) in [7, 11) is 0. The van der Waals surface area contributed by atoms with Crippen molar-refractivity contribution in [2.75, 3.05) is 18.8 Å². The molecular formula is C37H31F3N4O3. The normalized spacial score (nSPS) is 14.3. The molecule has 3 aromatic carbocycles. The van der Waals surface area contributed by atoms with Crippen LogP contribution >= 0.6 is 0 Å². The molecule has 2 aromatic heterocycles. The zero-order chi connectivity index (χ0) is 33.0. The van der Waals surface area contributed by atoms with Crippen molar-refractivity contribution >= 4 is 23.7 Å². The van der Waals surface area contributed by atoms with Gasteiger partial charge in [0.15, 0.2) is 0 Å². The molecule has 0 saturated carbocycles. The molecule has 1 aliphatic heterocycles. The van der Waals surface area contributed by atoms with E-state index in [-0.39, 0.29) is 50.1 Å². The Bertz CT molecular complexity index is 1910. The van der Waals surface area contributed by atoms with Gasteiger partial charge in [0.05, 0.1) is 12.8 Å². The molecule has 1 saturated heterocycles. The molecule has 7 nitrogen and oxygen atoms in total. The van der Waals surface area contributed by atoms with Gasteiger partial charge in [-0.25, -0.2) is 18.2 Å². The number of nitrogens with two attached hydrogens (primary N) is 1. The first-order chi connectivity index (χ1) is 22.6. The van der Waals surface area contributed by atoms with Crippen LogP contribution in [0.1, 0.15) is 34.5 Å². The summed E-state index contributed by atoms with van der Waals surface area (Å²) in [6, 6.07) is 24.4.